The molecule has 4 aromatic carbocycles. The molecule has 0 bridgehead atoms. The molecule has 4 fully saturated rings. The number of nitrogens with two attached hydrogens (primary N) is 2. The van der Waals surface area contributed by atoms with Crippen LogP contribution in [0.15, 0.2) is 109 Å². The molecule has 2 aliphatic carbocycles. The van der Waals surface area contributed by atoms with Gasteiger partial charge < -0.3 is 27.2 Å². The van der Waals surface area contributed by atoms with Gasteiger partial charge in [0.2, 0.25) is 11.8 Å². The Labute approximate surface area is 442 Å². The van der Waals surface area contributed by atoms with E-state index in [9.17, 15) is 34.8 Å². The molecule has 390 valence electrons. The summed E-state index contributed by atoms with van der Waals surface area (Å²) in [6.45, 7) is 4.22. The van der Waals surface area contributed by atoms with Crippen molar-refractivity contribution in [3.8, 4) is 34.4 Å². The number of benzene rings is 4. The highest BCUT2D eigenvalue weighted by molar-refractivity contribution is 6.03. The Kier molecular flexibility index (Phi) is 15.0. The van der Waals surface area contributed by atoms with Crippen molar-refractivity contribution in [1.29, 1.82) is 10.5 Å². The number of nitrogens with one attached hydrogen (secondary N) is 2. The normalized spacial score (nSPS) is 17.7. The van der Waals surface area contributed by atoms with Gasteiger partial charge in [-0.25, -0.2) is 0 Å². The van der Waals surface area contributed by atoms with Gasteiger partial charge in [-0.3, -0.25) is 38.3 Å². The largest absolute Gasteiger partial charge is 0.392 e. The highest BCUT2D eigenvalue weighted by atomic mass is 16.3. The second kappa shape index (κ2) is 22.1. The molecule has 10 rings (SSSR count). The predicted molar refractivity (Wildman–Crippen MR) is 286 cm³/mol. The van der Waals surface area contributed by atoms with Crippen molar-refractivity contribution < 1.29 is 24.3 Å². The van der Waals surface area contributed by atoms with E-state index in [1.165, 1.54) is 0 Å². The zero-order valence-electron chi connectivity index (χ0n) is 42.7. The monoisotopic (exact) mass is 1020 g/mol. The number of aryl methyl sites for hydroxylation is 1. The van der Waals surface area contributed by atoms with Gasteiger partial charge in [0, 0.05) is 63.5 Å². The predicted octanol–water partition coefficient (Wildman–Crippen LogP) is 7.47. The second-order valence-electron chi connectivity index (χ2n) is 21.3. The van der Waals surface area contributed by atoms with Crippen molar-refractivity contribution in [2.24, 2.45) is 29.2 Å². The van der Waals surface area contributed by atoms with Gasteiger partial charge in [-0.15, -0.1) is 0 Å². The summed E-state index contributed by atoms with van der Waals surface area (Å²) in [6, 6.07) is 38.4. The quantitative estimate of drug-likeness (QED) is 0.0501. The van der Waals surface area contributed by atoms with Gasteiger partial charge >= 0.3 is 0 Å². The maximum absolute atomic E-state index is 12.9. The van der Waals surface area contributed by atoms with Crippen molar-refractivity contribution in [2.45, 2.75) is 101 Å². The Morgan fingerprint density at radius 3 is 1.58 bits per heavy atom. The number of likely N-dealkylation sites (tertiary alicyclic amines) is 2. The van der Waals surface area contributed by atoms with Gasteiger partial charge in [0.25, 0.3) is 11.8 Å². The lowest BCUT2D eigenvalue weighted by Crippen LogP contribution is -2.50. The molecule has 1 unspecified atom stereocenters. The first-order valence-corrected chi connectivity index (χ1v) is 26.5. The molecule has 4 amide bonds. The van der Waals surface area contributed by atoms with Gasteiger partial charge in [-0.05, 0) is 115 Å². The molecule has 2 aromatic heterocycles. The Balaban J connectivity index is 0.784. The smallest absolute Gasteiger partial charge is 0.254 e. The van der Waals surface area contributed by atoms with E-state index in [-0.39, 0.29) is 59.4 Å². The van der Waals surface area contributed by atoms with Gasteiger partial charge in [-0.2, -0.15) is 20.7 Å². The molecule has 17 nitrogen and oxygen atoms in total. The minimum atomic E-state index is -0.773. The number of hydrogen-bond donors (Lipinski definition) is 5. The number of anilines is 2. The number of rotatable bonds is 20. The number of carbonyl (C=O) groups is 4. The van der Waals surface area contributed by atoms with E-state index in [1.54, 1.807) is 21.8 Å². The van der Waals surface area contributed by atoms with Crippen molar-refractivity contribution in [2.75, 3.05) is 36.8 Å². The van der Waals surface area contributed by atoms with Crippen LogP contribution in [0.5, 0.6) is 0 Å². The molecule has 2 aliphatic heterocycles. The van der Waals surface area contributed by atoms with Crippen LogP contribution < -0.4 is 22.1 Å². The van der Waals surface area contributed by atoms with E-state index in [4.69, 9.17) is 16.6 Å². The van der Waals surface area contributed by atoms with Crippen molar-refractivity contribution in [3.05, 3.63) is 143 Å². The molecule has 4 heterocycles. The third-order valence-corrected chi connectivity index (χ3v) is 16.2. The highest BCUT2D eigenvalue weighted by Gasteiger charge is 2.45. The number of piperidine rings is 2. The van der Waals surface area contributed by atoms with Gasteiger partial charge in [0.1, 0.15) is 11.1 Å². The molecule has 2 saturated carbocycles. The minimum Gasteiger partial charge on any atom is -0.392 e. The van der Waals surface area contributed by atoms with Crippen molar-refractivity contribution in [1.82, 2.24) is 29.4 Å². The molecule has 0 radical (unpaired) electrons. The van der Waals surface area contributed by atoms with Crippen LogP contribution in [-0.2, 0) is 46.8 Å². The molecule has 76 heavy (non-hydrogen) atoms. The molecular weight excluding hydrogens is 957 g/mol. The molecule has 4 aliphatic rings. The van der Waals surface area contributed by atoms with E-state index in [1.807, 2.05) is 24.3 Å². The Morgan fingerprint density at radius 2 is 1.11 bits per heavy atom. The minimum absolute atomic E-state index is 0.0112. The molecule has 17 heteroatoms. The number of amides is 4. The van der Waals surface area contributed by atoms with Crippen LogP contribution >= 0.6 is 0 Å². The standard InChI is InChI=1S/C59H64N12O5/c60-27-22-58(70-36-50(52(62)73)54(66-70)64-56(75)46-17-18-46)23-28-68(29-24-58)34-40-6-13-44(14-7-40)43-11-4-39(5-12-43)10-21-49(33-61)59(71-37-51(53(63)74)55(67-71)65-57(76)47-19-20-47)25-30-69(31-26-59)35-41-8-15-45(16-9-41)48-3-1-2-42(32-48)38-72/h1-9,11-16,32,36-37,46-47,49,72H,10,17-26,28-31,34-35,38H2,(H2,62,73)(H2,63,74)(H,64,66,75)(H,65,67,76). The fraction of sp³-hybridized carbons (Fsp3) is 0.390. The number of aromatic nitrogens is 4. The summed E-state index contributed by atoms with van der Waals surface area (Å²) < 4.78 is 3.44. The Morgan fingerprint density at radius 1 is 0.632 bits per heavy atom. The van der Waals surface area contributed by atoms with E-state index in [0.717, 1.165) is 83.3 Å². The third kappa shape index (κ3) is 11.3. The van der Waals surface area contributed by atoms with Crippen LogP contribution in [0.1, 0.15) is 107 Å². The Bertz CT molecular complexity index is 3180. The lowest BCUT2D eigenvalue weighted by Gasteiger charge is -2.44. The average Bonchev–Trinajstić information content (AvgIpc) is 4.39. The molecule has 1 atom stereocenters. The topological polar surface area (TPSA) is 254 Å². The number of aliphatic hydroxyl groups is 1. The zero-order chi connectivity index (χ0) is 53.0. The fourth-order valence-electron chi connectivity index (χ4n) is 11.1. The summed E-state index contributed by atoms with van der Waals surface area (Å²) in [5.41, 5.74) is 19.0. The maximum Gasteiger partial charge on any atom is 0.254 e. The van der Waals surface area contributed by atoms with E-state index in [0.29, 0.717) is 64.7 Å². The molecule has 0 spiro atoms. The summed E-state index contributed by atoms with van der Waals surface area (Å²) in [5.74, 6) is -2.08. The summed E-state index contributed by atoms with van der Waals surface area (Å²) in [4.78, 5) is 55.4. The van der Waals surface area contributed by atoms with E-state index in [2.05, 4.69) is 110 Å². The molecule has 7 N–H and O–H groups in total. The van der Waals surface area contributed by atoms with Gasteiger partial charge in [-0.1, -0.05) is 91.0 Å². The first-order chi connectivity index (χ1) is 36.8. The van der Waals surface area contributed by atoms with Crippen LogP contribution in [0.4, 0.5) is 11.6 Å². The lowest BCUT2D eigenvalue weighted by atomic mass is 9.74. The van der Waals surface area contributed by atoms with E-state index >= 15 is 0 Å². The lowest BCUT2D eigenvalue weighted by molar-refractivity contribution is -0.118. The summed E-state index contributed by atoms with van der Waals surface area (Å²) in [6.07, 6.45) is 10.3. The summed E-state index contributed by atoms with van der Waals surface area (Å²) >= 11 is 0. The van der Waals surface area contributed by atoms with Gasteiger partial charge in [0.05, 0.1) is 42.2 Å². The number of aliphatic hydroxyl groups excluding tert-OH is 1. The van der Waals surface area contributed by atoms with Crippen LogP contribution in [0.3, 0.4) is 0 Å². The van der Waals surface area contributed by atoms with E-state index < -0.39 is 28.8 Å². The zero-order valence-corrected chi connectivity index (χ0v) is 42.7. The average molecular weight is 1020 g/mol. The fourth-order valence-corrected chi connectivity index (χ4v) is 11.1. The van der Waals surface area contributed by atoms with Gasteiger partial charge in [0.15, 0.2) is 11.6 Å². The number of nitriles is 2. The molecule has 6 aromatic rings. The number of carbonyl (C=O) groups excluding carboxylic acids is 4. The van der Waals surface area contributed by atoms with Crippen LogP contribution in [0.25, 0.3) is 22.3 Å². The number of primary amides is 2. The Hall–Kier alpha value is -7.96. The first kappa shape index (κ1) is 51.5. The number of nitrogens with zero attached hydrogens (tertiary/aromatic N) is 8. The SMILES string of the molecule is N#CCC1(n2cc(C(N)=O)c(NC(=O)C3CC3)n2)CCN(Cc2ccc(-c3ccc(CCC(C#N)C4(n5cc(C(N)=O)c(NC(=O)C6CC6)n5)CCN(Cc5ccc(-c6cccc(CO)c6)cc5)CC4)cc3)cc2)CC1. The maximum atomic E-state index is 12.9. The van der Waals surface area contributed by atoms with Crippen LogP contribution in [-0.4, -0.2) is 84.3 Å². The van der Waals surface area contributed by atoms with Crippen LogP contribution in [0, 0.1) is 40.4 Å². The first-order valence-electron chi connectivity index (χ1n) is 26.5. The summed E-state index contributed by atoms with van der Waals surface area (Å²) in [7, 11) is 0. The molecule has 2 saturated heterocycles. The second-order valence-corrected chi connectivity index (χ2v) is 21.3. The van der Waals surface area contributed by atoms with Crippen molar-refractivity contribution >= 4 is 35.3 Å². The number of hydrogen-bond acceptors (Lipinski definition) is 11. The van der Waals surface area contributed by atoms with Crippen LogP contribution in [0.2, 0.25) is 0 Å². The summed E-state index contributed by atoms with van der Waals surface area (Å²) in [5, 5.41) is 45.6. The van der Waals surface area contributed by atoms with Crippen molar-refractivity contribution in [3.63, 3.8) is 0 Å². The third-order valence-electron chi connectivity index (χ3n) is 16.2. The highest BCUT2D eigenvalue weighted by Crippen LogP contribution is 2.42. The molecular formula is C59H64N12O5.